The molecule has 0 heterocycles. The number of hydrogen-bond donors (Lipinski definition) is 2. The highest BCUT2D eigenvalue weighted by Gasteiger charge is 2.05. The van der Waals surface area contributed by atoms with Crippen LogP contribution < -0.4 is 10.5 Å². The summed E-state index contributed by atoms with van der Waals surface area (Å²) in [5, 5.41) is 8.67. The van der Waals surface area contributed by atoms with Gasteiger partial charge in [0.05, 0.1) is 6.61 Å². The molecule has 0 atom stereocenters. The average molecular weight is 209 g/mol. The van der Waals surface area contributed by atoms with Crippen molar-refractivity contribution < 1.29 is 9.84 Å². The third-order valence-corrected chi connectivity index (χ3v) is 2.30. The molecule has 0 bridgehead atoms. The summed E-state index contributed by atoms with van der Waals surface area (Å²) in [6, 6.07) is 4.09. The van der Waals surface area contributed by atoms with Crippen LogP contribution in [-0.2, 0) is 6.54 Å². The fourth-order valence-electron chi connectivity index (χ4n) is 1.62. The second-order valence-corrected chi connectivity index (χ2v) is 3.69. The Balaban J connectivity index is 2.79. The van der Waals surface area contributed by atoms with Crippen LogP contribution in [0.1, 0.15) is 23.1 Å². The van der Waals surface area contributed by atoms with Crippen LogP contribution in [0.5, 0.6) is 5.75 Å². The van der Waals surface area contributed by atoms with Crippen LogP contribution in [0.15, 0.2) is 12.1 Å². The molecular formula is C12H19NO2. The summed E-state index contributed by atoms with van der Waals surface area (Å²) in [6.07, 6.45) is 0.664. The van der Waals surface area contributed by atoms with Crippen molar-refractivity contribution in [3.8, 4) is 5.75 Å². The molecule has 1 aromatic carbocycles. The minimum Gasteiger partial charge on any atom is -0.493 e. The Hall–Kier alpha value is -1.06. The van der Waals surface area contributed by atoms with Crippen LogP contribution in [0.25, 0.3) is 0 Å². The first-order chi connectivity index (χ1) is 7.19. The molecule has 0 unspecified atom stereocenters. The Morgan fingerprint density at radius 1 is 1.27 bits per heavy atom. The number of hydrogen-bond acceptors (Lipinski definition) is 3. The SMILES string of the molecule is Cc1cc(CN)cc(C)c1OCCCO. The van der Waals surface area contributed by atoms with Crippen molar-refractivity contribution in [1.29, 1.82) is 0 Å². The number of ether oxygens (including phenoxy) is 1. The second-order valence-electron chi connectivity index (χ2n) is 3.69. The minimum absolute atomic E-state index is 0.166. The molecule has 3 N–H and O–H groups in total. The standard InChI is InChI=1S/C12H19NO2/c1-9-6-11(8-13)7-10(2)12(9)15-5-3-4-14/h6-7,14H,3-5,8,13H2,1-2H3. The summed E-state index contributed by atoms with van der Waals surface area (Å²) in [5.74, 6) is 0.917. The number of aliphatic hydroxyl groups excluding tert-OH is 1. The van der Waals surface area contributed by atoms with Crippen molar-refractivity contribution in [3.05, 3.63) is 28.8 Å². The fourth-order valence-corrected chi connectivity index (χ4v) is 1.62. The predicted octanol–water partition coefficient (Wildman–Crippen LogP) is 1.52. The molecule has 0 aromatic heterocycles. The molecule has 3 heteroatoms. The summed E-state index contributed by atoms with van der Waals surface area (Å²) < 4.78 is 5.61. The van der Waals surface area contributed by atoms with Crippen LogP contribution in [0.4, 0.5) is 0 Å². The molecule has 1 rings (SSSR count). The van der Waals surface area contributed by atoms with Crippen molar-refractivity contribution in [2.45, 2.75) is 26.8 Å². The fraction of sp³-hybridized carbons (Fsp3) is 0.500. The molecule has 0 aliphatic carbocycles. The number of nitrogens with two attached hydrogens (primary N) is 1. The third-order valence-electron chi connectivity index (χ3n) is 2.30. The Morgan fingerprint density at radius 2 is 1.87 bits per heavy atom. The van der Waals surface area contributed by atoms with E-state index in [0.717, 1.165) is 22.4 Å². The maximum absolute atomic E-state index is 8.67. The van der Waals surface area contributed by atoms with E-state index in [9.17, 15) is 0 Å². The normalized spacial score (nSPS) is 10.4. The number of rotatable bonds is 5. The second kappa shape index (κ2) is 5.73. The first-order valence-corrected chi connectivity index (χ1v) is 5.23. The van der Waals surface area contributed by atoms with Crippen molar-refractivity contribution in [3.63, 3.8) is 0 Å². The molecule has 1 aromatic rings. The topological polar surface area (TPSA) is 55.5 Å². The Kier molecular flexibility index (Phi) is 4.59. The van der Waals surface area contributed by atoms with Gasteiger partial charge in [-0.1, -0.05) is 12.1 Å². The van der Waals surface area contributed by atoms with E-state index in [4.69, 9.17) is 15.6 Å². The van der Waals surface area contributed by atoms with E-state index in [2.05, 4.69) is 0 Å². The first-order valence-electron chi connectivity index (χ1n) is 5.23. The summed E-state index contributed by atoms with van der Waals surface area (Å²) >= 11 is 0. The van der Waals surface area contributed by atoms with Crippen LogP contribution in [0.2, 0.25) is 0 Å². The van der Waals surface area contributed by atoms with Gasteiger partial charge in [-0.2, -0.15) is 0 Å². The van der Waals surface area contributed by atoms with E-state index in [1.807, 2.05) is 26.0 Å². The molecule has 3 nitrogen and oxygen atoms in total. The number of aryl methyl sites for hydroxylation is 2. The summed E-state index contributed by atoms with van der Waals surface area (Å²) in [6.45, 7) is 5.30. The quantitative estimate of drug-likeness (QED) is 0.723. The highest BCUT2D eigenvalue weighted by molar-refractivity contribution is 5.43. The van der Waals surface area contributed by atoms with Gasteiger partial charge in [0, 0.05) is 19.6 Å². The van der Waals surface area contributed by atoms with E-state index in [1.54, 1.807) is 0 Å². The van der Waals surface area contributed by atoms with Crippen molar-refractivity contribution in [2.24, 2.45) is 5.73 Å². The van der Waals surface area contributed by atoms with Crippen LogP contribution in [0, 0.1) is 13.8 Å². The molecule has 0 aliphatic heterocycles. The number of benzene rings is 1. The molecule has 0 radical (unpaired) electrons. The van der Waals surface area contributed by atoms with Gasteiger partial charge in [-0.15, -0.1) is 0 Å². The molecule has 0 saturated carbocycles. The zero-order valence-electron chi connectivity index (χ0n) is 9.42. The van der Waals surface area contributed by atoms with Crippen molar-refractivity contribution in [1.82, 2.24) is 0 Å². The molecule has 84 valence electrons. The molecule has 0 saturated heterocycles. The van der Waals surface area contributed by atoms with E-state index >= 15 is 0 Å². The zero-order valence-corrected chi connectivity index (χ0v) is 9.42. The lowest BCUT2D eigenvalue weighted by Gasteiger charge is -2.13. The van der Waals surface area contributed by atoms with Gasteiger partial charge in [-0.3, -0.25) is 0 Å². The highest BCUT2D eigenvalue weighted by atomic mass is 16.5. The number of aliphatic hydroxyl groups is 1. The molecule has 0 aliphatic rings. The van der Waals surface area contributed by atoms with Gasteiger partial charge in [0.25, 0.3) is 0 Å². The maximum atomic E-state index is 8.67. The monoisotopic (exact) mass is 209 g/mol. The lowest BCUT2D eigenvalue weighted by Crippen LogP contribution is -2.04. The smallest absolute Gasteiger partial charge is 0.125 e. The lowest BCUT2D eigenvalue weighted by molar-refractivity contribution is 0.232. The first kappa shape index (κ1) is 12.0. The van der Waals surface area contributed by atoms with Gasteiger partial charge >= 0.3 is 0 Å². The summed E-state index contributed by atoms with van der Waals surface area (Å²) in [7, 11) is 0. The lowest BCUT2D eigenvalue weighted by atomic mass is 10.1. The van der Waals surface area contributed by atoms with E-state index in [-0.39, 0.29) is 6.61 Å². The van der Waals surface area contributed by atoms with Gasteiger partial charge < -0.3 is 15.6 Å². The van der Waals surface area contributed by atoms with Crippen LogP contribution in [0.3, 0.4) is 0 Å². The Bertz CT molecular complexity index is 300. The van der Waals surface area contributed by atoms with E-state index in [1.165, 1.54) is 0 Å². The molecule has 0 amide bonds. The maximum Gasteiger partial charge on any atom is 0.125 e. The predicted molar refractivity (Wildman–Crippen MR) is 61.0 cm³/mol. The molecule has 15 heavy (non-hydrogen) atoms. The van der Waals surface area contributed by atoms with Gasteiger partial charge in [0.2, 0.25) is 0 Å². The van der Waals surface area contributed by atoms with Gasteiger partial charge in [-0.05, 0) is 30.5 Å². The van der Waals surface area contributed by atoms with Crippen molar-refractivity contribution in [2.75, 3.05) is 13.2 Å². The van der Waals surface area contributed by atoms with E-state index < -0.39 is 0 Å². The Labute approximate surface area is 90.9 Å². The largest absolute Gasteiger partial charge is 0.493 e. The third kappa shape index (κ3) is 3.22. The van der Waals surface area contributed by atoms with Gasteiger partial charge in [0.15, 0.2) is 0 Å². The average Bonchev–Trinajstić information content (AvgIpc) is 2.22. The zero-order chi connectivity index (χ0) is 11.3. The van der Waals surface area contributed by atoms with Gasteiger partial charge in [-0.25, -0.2) is 0 Å². The highest BCUT2D eigenvalue weighted by Crippen LogP contribution is 2.24. The summed E-state index contributed by atoms with van der Waals surface area (Å²) in [5.41, 5.74) is 8.92. The van der Waals surface area contributed by atoms with Crippen LogP contribution in [-0.4, -0.2) is 18.3 Å². The van der Waals surface area contributed by atoms with Crippen LogP contribution >= 0.6 is 0 Å². The minimum atomic E-state index is 0.166. The Morgan fingerprint density at radius 3 is 2.33 bits per heavy atom. The molecule has 0 fully saturated rings. The van der Waals surface area contributed by atoms with Gasteiger partial charge in [0.1, 0.15) is 5.75 Å². The van der Waals surface area contributed by atoms with E-state index in [0.29, 0.717) is 19.6 Å². The molecule has 0 spiro atoms. The summed E-state index contributed by atoms with van der Waals surface area (Å²) in [4.78, 5) is 0. The van der Waals surface area contributed by atoms with Crippen molar-refractivity contribution >= 4 is 0 Å². The molecular weight excluding hydrogens is 190 g/mol.